The molecule has 2 N–H and O–H groups in total. The average Bonchev–Trinajstić information content (AvgIpc) is 2.71. The van der Waals surface area contributed by atoms with Gasteiger partial charge >= 0.3 is 0 Å². The molecular formula is C25H36O4. The summed E-state index contributed by atoms with van der Waals surface area (Å²) < 4.78 is 10.6. The Balaban J connectivity index is 1.92. The first-order valence-corrected chi connectivity index (χ1v) is 10.4. The van der Waals surface area contributed by atoms with Crippen LogP contribution >= 0.6 is 0 Å². The van der Waals surface area contributed by atoms with Gasteiger partial charge in [0.25, 0.3) is 0 Å². The third-order valence-corrected chi connectivity index (χ3v) is 5.89. The first kappa shape index (κ1) is 23.2. The van der Waals surface area contributed by atoms with E-state index in [0.717, 1.165) is 19.3 Å². The number of benzene rings is 1. The van der Waals surface area contributed by atoms with Gasteiger partial charge in [0.1, 0.15) is 12.2 Å². The molecule has 0 saturated carbocycles. The Bertz CT molecular complexity index is 732. The third-order valence-electron chi connectivity index (χ3n) is 5.89. The highest BCUT2D eigenvalue weighted by atomic mass is 16.5. The van der Waals surface area contributed by atoms with Crippen LogP contribution < -0.4 is 0 Å². The first-order chi connectivity index (χ1) is 13.9. The summed E-state index contributed by atoms with van der Waals surface area (Å²) in [4.78, 5) is 0. The molecule has 0 radical (unpaired) electrons. The lowest BCUT2D eigenvalue weighted by Gasteiger charge is -2.38. The lowest BCUT2D eigenvalue weighted by atomic mass is 9.76. The summed E-state index contributed by atoms with van der Waals surface area (Å²) in [6.07, 6.45) is 6.63. The first-order valence-electron chi connectivity index (χ1n) is 10.4. The molecule has 4 nitrogen and oxygen atoms in total. The highest BCUT2D eigenvalue weighted by Crippen LogP contribution is 2.37. The van der Waals surface area contributed by atoms with Crippen molar-refractivity contribution in [3.8, 4) is 0 Å². The minimum atomic E-state index is -0.773. The molecule has 1 aliphatic rings. The van der Waals surface area contributed by atoms with Gasteiger partial charge in [-0.15, -0.1) is 0 Å². The summed E-state index contributed by atoms with van der Waals surface area (Å²) in [5.41, 5.74) is 4.01. The lowest BCUT2D eigenvalue weighted by molar-refractivity contribution is -0.0357. The van der Waals surface area contributed by atoms with Crippen LogP contribution in [0, 0.1) is 11.8 Å². The van der Waals surface area contributed by atoms with Crippen molar-refractivity contribution in [2.24, 2.45) is 11.8 Å². The fourth-order valence-electron chi connectivity index (χ4n) is 4.01. The molecule has 4 heteroatoms. The average molecular weight is 401 g/mol. The fourth-order valence-corrected chi connectivity index (χ4v) is 4.01. The predicted molar refractivity (Wildman–Crippen MR) is 117 cm³/mol. The number of allylic oxidation sites excluding steroid dienone is 4. The Labute approximate surface area is 175 Å². The van der Waals surface area contributed by atoms with Crippen LogP contribution in [0.1, 0.15) is 45.6 Å². The zero-order valence-electron chi connectivity index (χ0n) is 18.4. The Morgan fingerprint density at radius 1 is 0.931 bits per heavy atom. The van der Waals surface area contributed by atoms with Crippen LogP contribution in [0.25, 0.3) is 0 Å². The van der Waals surface area contributed by atoms with Crippen molar-refractivity contribution in [1.82, 2.24) is 0 Å². The molecule has 0 amide bonds. The van der Waals surface area contributed by atoms with Gasteiger partial charge in [-0.3, -0.25) is 0 Å². The monoisotopic (exact) mass is 400 g/mol. The van der Waals surface area contributed by atoms with Gasteiger partial charge in [-0.05, 0) is 51.0 Å². The molecule has 29 heavy (non-hydrogen) atoms. The van der Waals surface area contributed by atoms with Gasteiger partial charge in [-0.1, -0.05) is 60.6 Å². The van der Waals surface area contributed by atoms with E-state index in [-0.39, 0.29) is 11.8 Å². The van der Waals surface area contributed by atoms with Crippen molar-refractivity contribution >= 4 is 0 Å². The van der Waals surface area contributed by atoms with Gasteiger partial charge in [0, 0.05) is 5.92 Å². The van der Waals surface area contributed by atoms with Crippen molar-refractivity contribution in [2.45, 2.75) is 58.7 Å². The van der Waals surface area contributed by atoms with Crippen molar-refractivity contribution in [3.63, 3.8) is 0 Å². The number of methoxy groups -OCH3 is 2. The summed E-state index contributed by atoms with van der Waals surface area (Å²) in [6.45, 7) is 6.26. The van der Waals surface area contributed by atoms with Crippen molar-refractivity contribution in [3.05, 3.63) is 70.7 Å². The normalized spacial score (nSPS) is 25.9. The molecule has 1 aromatic rings. The summed E-state index contributed by atoms with van der Waals surface area (Å²) in [5, 5.41) is 21.2. The number of hydrogen-bond donors (Lipinski definition) is 2. The maximum absolute atomic E-state index is 10.7. The van der Waals surface area contributed by atoms with Crippen molar-refractivity contribution in [2.75, 3.05) is 14.2 Å². The second-order valence-electron chi connectivity index (χ2n) is 8.09. The molecule has 4 unspecified atom stereocenters. The predicted octanol–water partition coefficient (Wildman–Crippen LogP) is 4.78. The SMILES string of the molecule is COC1=C(OC)C(O)C(CC=C(C)CCC=C(C)Cc2ccccc2)C(C)C1O. The van der Waals surface area contributed by atoms with E-state index in [1.165, 1.54) is 30.9 Å². The molecule has 0 heterocycles. The third kappa shape index (κ3) is 6.22. The highest BCUT2D eigenvalue weighted by Gasteiger charge is 2.42. The van der Waals surface area contributed by atoms with E-state index >= 15 is 0 Å². The number of ether oxygens (including phenoxy) is 2. The standard InChI is InChI=1S/C25H36O4/c1-17(10-9-11-18(2)16-20-12-7-6-8-13-20)14-15-21-19(3)22(26)24(28-4)25(29-5)23(21)27/h6-8,11-14,19,21-23,26-27H,9-10,15-16H2,1-5H3. The maximum atomic E-state index is 10.7. The van der Waals surface area contributed by atoms with Gasteiger partial charge < -0.3 is 19.7 Å². The van der Waals surface area contributed by atoms with Gasteiger partial charge in [0.15, 0.2) is 11.5 Å². The van der Waals surface area contributed by atoms with E-state index in [9.17, 15) is 10.2 Å². The zero-order chi connectivity index (χ0) is 21.4. The number of aliphatic hydroxyl groups excluding tert-OH is 2. The summed E-state index contributed by atoms with van der Waals surface area (Å²) in [7, 11) is 3.00. The van der Waals surface area contributed by atoms with Gasteiger partial charge in [-0.2, -0.15) is 0 Å². The highest BCUT2D eigenvalue weighted by molar-refractivity contribution is 5.22. The summed E-state index contributed by atoms with van der Waals surface area (Å²) in [6, 6.07) is 10.5. The molecule has 4 atom stereocenters. The topological polar surface area (TPSA) is 58.9 Å². The number of rotatable bonds is 9. The van der Waals surface area contributed by atoms with Gasteiger partial charge in [0.05, 0.1) is 14.2 Å². The number of aliphatic hydroxyl groups is 2. The lowest BCUT2D eigenvalue weighted by Crippen LogP contribution is -2.42. The van der Waals surface area contributed by atoms with E-state index in [2.05, 4.69) is 50.3 Å². The minimum Gasteiger partial charge on any atom is -0.495 e. The molecule has 0 fully saturated rings. The van der Waals surface area contributed by atoms with Crippen LogP contribution in [-0.4, -0.2) is 36.6 Å². The van der Waals surface area contributed by atoms with Gasteiger partial charge in [0.2, 0.25) is 0 Å². The van der Waals surface area contributed by atoms with E-state index in [1.54, 1.807) is 0 Å². The molecule has 0 bridgehead atoms. The Morgan fingerprint density at radius 2 is 1.55 bits per heavy atom. The zero-order valence-corrected chi connectivity index (χ0v) is 18.4. The van der Waals surface area contributed by atoms with Crippen LogP contribution in [0.2, 0.25) is 0 Å². The molecule has 160 valence electrons. The summed E-state index contributed by atoms with van der Waals surface area (Å²) >= 11 is 0. The molecule has 0 saturated heterocycles. The van der Waals surface area contributed by atoms with E-state index in [4.69, 9.17) is 9.47 Å². The minimum absolute atomic E-state index is 0.107. The quantitative estimate of drug-likeness (QED) is 0.586. The second kappa shape index (κ2) is 11.2. The van der Waals surface area contributed by atoms with Crippen LogP contribution in [-0.2, 0) is 15.9 Å². The molecule has 0 spiro atoms. The Kier molecular flexibility index (Phi) is 8.99. The maximum Gasteiger partial charge on any atom is 0.165 e. The van der Waals surface area contributed by atoms with E-state index < -0.39 is 12.2 Å². The van der Waals surface area contributed by atoms with Crippen molar-refractivity contribution in [1.29, 1.82) is 0 Å². The molecule has 0 aromatic heterocycles. The Morgan fingerprint density at radius 3 is 2.17 bits per heavy atom. The second-order valence-corrected chi connectivity index (χ2v) is 8.09. The fraction of sp³-hybridized carbons (Fsp3) is 0.520. The summed E-state index contributed by atoms with van der Waals surface area (Å²) in [5.74, 6) is 0.456. The molecule has 0 aliphatic heterocycles. The van der Waals surface area contributed by atoms with Crippen molar-refractivity contribution < 1.29 is 19.7 Å². The molecule has 1 aromatic carbocycles. The van der Waals surface area contributed by atoms with E-state index in [0.29, 0.717) is 17.9 Å². The van der Waals surface area contributed by atoms with Crippen LogP contribution in [0.5, 0.6) is 0 Å². The van der Waals surface area contributed by atoms with Crippen LogP contribution in [0.4, 0.5) is 0 Å². The largest absolute Gasteiger partial charge is 0.495 e. The molecular weight excluding hydrogens is 364 g/mol. The smallest absolute Gasteiger partial charge is 0.165 e. The van der Waals surface area contributed by atoms with Gasteiger partial charge in [-0.25, -0.2) is 0 Å². The Hall–Kier alpha value is -2.04. The van der Waals surface area contributed by atoms with Crippen LogP contribution in [0.3, 0.4) is 0 Å². The van der Waals surface area contributed by atoms with Crippen LogP contribution in [0.15, 0.2) is 65.1 Å². The number of hydrogen-bond acceptors (Lipinski definition) is 4. The molecule has 1 aliphatic carbocycles. The van der Waals surface area contributed by atoms with E-state index in [1.807, 2.05) is 13.0 Å². The molecule has 2 rings (SSSR count).